The largest absolute Gasteiger partial charge is 0.497 e. The molecule has 2 aliphatic rings. The Kier molecular flexibility index (Phi) is 5.17. The van der Waals surface area contributed by atoms with Crippen LogP contribution in [0.5, 0.6) is 17.2 Å². The highest BCUT2D eigenvalue weighted by Gasteiger charge is 2.38. The average Bonchev–Trinajstić information content (AvgIpc) is 3.42. The van der Waals surface area contributed by atoms with E-state index in [1.807, 2.05) is 31.2 Å². The Morgan fingerprint density at radius 2 is 1.22 bits per heavy atom. The van der Waals surface area contributed by atoms with Gasteiger partial charge in [0.2, 0.25) is 0 Å². The minimum atomic E-state index is -0.511. The molecule has 1 fully saturated rings. The van der Waals surface area contributed by atoms with Crippen molar-refractivity contribution in [3.8, 4) is 17.2 Å². The molecular weight excluding hydrogens is 404 g/mol. The highest BCUT2D eigenvalue weighted by molar-refractivity contribution is 5.93. The molecule has 0 amide bonds. The number of carbonyl (C=O) groups is 2. The van der Waals surface area contributed by atoms with Gasteiger partial charge in [-0.3, -0.25) is 0 Å². The fourth-order valence-corrected chi connectivity index (χ4v) is 4.74. The fraction of sp³-hybridized carbons (Fsp3) is 0.259. The van der Waals surface area contributed by atoms with Gasteiger partial charge in [-0.1, -0.05) is 17.7 Å². The second-order valence-electron chi connectivity index (χ2n) is 8.51. The number of rotatable bonds is 5. The first kappa shape index (κ1) is 20.3. The Morgan fingerprint density at radius 3 is 1.69 bits per heavy atom. The van der Waals surface area contributed by atoms with Crippen molar-refractivity contribution in [3.05, 3.63) is 88.5 Å². The average molecular weight is 428 g/mol. The molecule has 5 nitrogen and oxygen atoms in total. The number of aryl methyl sites for hydroxylation is 1. The molecule has 2 unspecified atom stereocenters. The van der Waals surface area contributed by atoms with Crippen LogP contribution in [0.1, 0.15) is 68.5 Å². The third-order valence-corrected chi connectivity index (χ3v) is 6.48. The van der Waals surface area contributed by atoms with E-state index in [1.54, 1.807) is 43.5 Å². The second-order valence-corrected chi connectivity index (χ2v) is 8.51. The number of hydrogen-bond donors (Lipinski definition) is 0. The third-order valence-electron chi connectivity index (χ3n) is 6.48. The van der Waals surface area contributed by atoms with Crippen molar-refractivity contribution in [2.45, 2.75) is 38.0 Å². The first-order valence-electron chi connectivity index (χ1n) is 10.8. The van der Waals surface area contributed by atoms with Crippen LogP contribution in [-0.2, 0) is 0 Å². The predicted octanol–water partition coefficient (Wildman–Crippen LogP) is 5.81. The van der Waals surface area contributed by atoms with Crippen LogP contribution in [0.15, 0.2) is 60.7 Å². The van der Waals surface area contributed by atoms with Crippen LogP contribution in [-0.4, -0.2) is 19.0 Å². The van der Waals surface area contributed by atoms with Crippen LogP contribution in [0, 0.1) is 6.92 Å². The summed E-state index contributed by atoms with van der Waals surface area (Å²) in [4.78, 5) is 25.6. The molecule has 162 valence electrons. The summed E-state index contributed by atoms with van der Waals surface area (Å²) in [5.74, 6) is 1.19. The maximum absolute atomic E-state index is 12.8. The Hall–Kier alpha value is -3.60. The monoisotopic (exact) mass is 428 g/mol. The number of ether oxygens (including phenoxy) is 3. The molecule has 3 aromatic rings. The fourth-order valence-electron chi connectivity index (χ4n) is 4.74. The number of esters is 2. The zero-order valence-electron chi connectivity index (χ0n) is 18.1. The van der Waals surface area contributed by atoms with Crippen molar-refractivity contribution >= 4 is 11.9 Å². The summed E-state index contributed by atoms with van der Waals surface area (Å²) in [5.41, 5.74) is 4.31. The van der Waals surface area contributed by atoms with E-state index in [1.165, 1.54) is 11.1 Å². The first-order valence-corrected chi connectivity index (χ1v) is 10.8. The van der Waals surface area contributed by atoms with Gasteiger partial charge >= 0.3 is 11.9 Å². The van der Waals surface area contributed by atoms with Gasteiger partial charge in [0, 0.05) is 0 Å². The van der Waals surface area contributed by atoms with Crippen LogP contribution in [0.25, 0.3) is 0 Å². The molecule has 0 aliphatic heterocycles. The highest BCUT2D eigenvalue weighted by atomic mass is 16.6. The lowest BCUT2D eigenvalue weighted by atomic mass is 9.91. The minimum Gasteiger partial charge on any atom is -0.497 e. The lowest BCUT2D eigenvalue weighted by Gasteiger charge is -2.19. The molecule has 2 aliphatic carbocycles. The van der Waals surface area contributed by atoms with Crippen LogP contribution < -0.4 is 14.2 Å². The maximum Gasteiger partial charge on any atom is 0.343 e. The summed E-state index contributed by atoms with van der Waals surface area (Å²) >= 11 is 0. The van der Waals surface area contributed by atoms with Gasteiger partial charge in [0.1, 0.15) is 5.75 Å². The molecule has 2 atom stereocenters. The van der Waals surface area contributed by atoms with Gasteiger partial charge in [0.05, 0.1) is 18.2 Å². The molecule has 2 bridgehead atoms. The molecule has 5 heteroatoms. The standard InChI is InChI=1S/C27H24O5/c1-16-3-5-17(6-4-16)26(28)31-24-14-22-19-7-8-20(13-19)23(22)15-25(24)32-27(29)18-9-11-21(30-2)12-10-18/h3-6,9-12,14-15,19-20H,7-8,13H2,1-2H3. The van der Waals surface area contributed by atoms with E-state index in [9.17, 15) is 9.59 Å². The van der Waals surface area contributed by atoms with Gasteiger partial charge in [0.25, 0.3) is 0 Å². The molecule has 0 N–H and O–H groups in total. The van der Waals surface area contributed by atoms with Crippen LogP contribution >= 0.6 is 0 Å². The second kappa shape index (κ2) is 8.15. The number of carbonyl (C=O) groups excluding carboxylic acids is 2. The number of benzene rings is 3. The number of fused-ring (bicyclic) bond motifs is 5. The lowest BCUT2D eigenvalue weighted by Crippen LogP contribution is -2.14. The summed E-state index contributed by atoms with van der Waals surface area (Å²) in [6, 6.07) is 17.7. The minimum absolute atomic E-state index is 0.276. The third kappa shape index (κ3) is 3.75. The van der Waals surface area contributed by atoms with Gasteiger partial charge in [-0.05, 0) is 97.7 Å². The van der Waals surface area contributed by atoms with Gasteiger partial charge in [-0.15, -0.1) is 0 Å². The molecule has 1 saturated carbocycles. The van der Waals surface area contributed by atoms with Gasteiger partial charge in [-0.2, -0.15) is 0 Å². The molecule has 32 heavy (non-hydrogen) atoms. The topological polar surface area (TPSA) is 61.8 Å². The van der Waals surface area contributed by atoms with E-state index in [-0.39, 0.29) is 11.5 Å². The van der Waals surface area contributed by atoms with Crippen molar-refractivity contribution < 1.29 is 23.8 Å². The number of methoxy groups -OCH3 is 1. The van der Waals surface area contributed by atoms with Crippen molar-refractivity contribution in [2.24, 2.45) is 0 Å². The summed E-state index contributed by atoms with van der Waals surface area (Å²) < 4.78 is 16.6. The normalized spacial score (nSPS) is 18.2. The van der Waals surface area contributed by atoms with E-state index < -0.39 is 11.9 Å². The van der Waals surface area contributed by atoms with Crippen LogP contribution in [0.2, 0.25) is 0 Å². The Bertz CT molecular complexity index is 1180. The van der Waals surface area contributed by atoms with Gasteiger partial charge in [0.15, 0.2) is 11.5 Å². The van der Waals surface area contributed by atoms with Gasteiger partial charge < -0.3 is 14.2 Å². The molecule has 0 radical (unpaired) electrons. The van der Waals surface area contributed by atoms with E-state index in [0.717, 1.165) is 24.8 Å². The van der Waals surface area contributed by atoms with Crippen LogP contribution in [0.4, 0.5) is 0 Å². The molecule has 0 saturated heterocycles. The molecule has 0 heterocycles. The SMILES string of the molecule is COc1ccc(C(=O)Oc2cc3c(cc2OC(=O)c2ccc(C)cc2)C2CCC3C2)cc1. The summed E-state index contributed by atoms with van der Waals surface area (Å²) in [6.07, 6.45) is 3.40. The van der Waals surface area contributed by atoms with Crippen molar-refractivity contribution in [2.75, 3.05) is 7.11 Å². The van der Waals surface area contributed by atoms with Gasteiger partial charge in [-0.25, -0.2) is 9.59 Å². The smallest absolute Gasteiger partial charge is 0.343 e. The van der Waals surface area contributed by atoms with E-state index in [4.69, 9.17) is 14.2 Å². The predicted molar refractivity (Wildman–Crippen MR) is 120 cm³/mol. The zero-order valence-corrected chi connectivity index (χ0v) is 18.1. The van der Waals surface area contributed by atoms with E-state index >= 15 is 0 Å². The van der Waals surface area contributed by atoms with Crippen molar-refractivity contribution in [3.63, 3.8) is 0 Å². The first-order chi connectivity index (χ1) is 15.5. The molecular formula is C27H24O5. The highest BCUT2D eigenvalue weighted by Crippen LogP contribution is 2.55. The van der Waals surface area contributed by atoms with Crippen molar-refractivity contribution in [1.29, 1.82) is 0 Å². The summed E-state index contributed by atoms with van der Waals surface area (Å²) in [7, 11) is 1.57. The molecule has 0 aromatic heterocycles. The maximum atomic E-state index is 12.8. The Morgan fingerprint density at radius 1 is 0.750 bits per heavy atom. The van der Waals surface area contributed by atoms with Crippen LogP contribution in [0.3, 0.4) is 0 Å². The number of hydrogen-bond acceptors (Lipinski definition) is 5. The summed E-state index contributed by atoms with van der Waals surface area (Å²) in [5, 5.41) is 0. The Labute approximate surface area is 186 Å². The molecule has 0 spiro atoms. The zero-order chi connectivity index (χ0) is 22.2. The quantitative estimate of drug-likeness (QED) is 0.379. The van der Waals surface area contributed by atoms with Crippen molar-refractivity contribution in [1.82, 2.24) is 0 Å². The Balaban J connectivity index is 1.46. The summed E-state index contributed by atoms with van der Waals surface area (Å²) in [6.45, 7) is 1.96. The lowest BCUT2D eigenvalue weighted by molar-refractivity contribution is 0.0682. The van der Waals surface area contributed by atoms with E-state index in [2.05, 4.69) is 0 Å². The molecule has 5 rings (SSSR count). The van der Waals surface area contributed by atoms with E-state index in [0.29, 0.717) is 28.7 Å². The molecule has 3 aromatic carbocycles.